The first-order valence-corrected chi connectivity index (χ1v) is 7.82. The fraction of sp³-hybridized carbons (Fsp3) is 0.500. The number of nitrogens with zero attached hydrogens (tertiary/aromatic N) is 3. The van der Waals surface area contributed by atoms with Crippen molar-refractivity contribution in [2.45, 2.75) is 39.0 Å². The topological polar surface area (TPSA) is 59.9 Å². The Morgan fingerprint density at radius 1 is 1.22 bits per heavy atom. The van der Waals surface area contributed by atoms with Crippen LogP contribution in [0.4, 0.5) is 13.2 Å². The Hall–Kier alpha value is -1.74. The van der Waals surface area contributed by atoms with E-state index in [-0.39, 0.29) is 5.88 Å². The van der Waals surface area contributed by atoms with E-state index in [0.717, 1.165) is 15.6 Å². The number of nitrogens with one attached hydrogen (secondary N) is 1. The van der Waals surface area contributed by atoms with Crippen molar-refractivity contribution in [1.82, 2.24) is 20.5 Å². The van der Waals surface area contributed by atoms with Gasteiger partial charge in [-0.3, -0.25) is 0 Å². The normalized spacial score (nSPS) is 11.9. The monoisotopic (exact) mass is 346 g/mol. The van der Waals surface area contributed by atoms with Crippen LogP contribution in [0.25, 0.3) is 0 Å². The Morgan fingerprint density at radius 2 is 2.00 bits per heavy atom. The van der Waals surface area contributed by atoms with E-state index < -0.39 is 12.8 Å². The summed E-state index contributed by atoms with van der Waals surface area (Å²) in [6.07, 6.45) is -2.88. The van der Waals surface area contributed by atoms with Crippen molar-refractivity contribution in [3.05, 3.63) is 33.9 Å². The summed E-state index contributed by atoms with van der Waals surface area (Å²) in [6, 6.07) is 3.09. The molecule has 9 heteroatoms. The SMILES string of the molecule is CC(C)c1nnc(CNCc2ccc(OCC(F)(F)F)nc2)s1. The molecule has 0 atom stereocenters. The number of rotatable bonds is 7. The largest absolute Gasteiger partial charge is 0.468 e. The van der Waals surface area contributed by atoms with Crippen LogP contribution in [0.2, 0.25) is 0 Å². The number of pyridine rings is 1. The Labute approximate surface area is 135 Å². The molecule has 2 heterocycles. The second-order valence-corrected chi connectivity index (χ2v) is 6.29. The molecule has 0 aliphatic carbocycles. The van der Waals surface area contributed by atoms with Gasteiger partial charge in [-0.25, -0.2) is 4.98 Å². The van der Waals surface area contributed by atoms with E-state index in [2.05, 4.69) is 39.1 Å². The molecule has 2 aromatic rings. The molecular formula is C14H17F3N4OS. The molecule has 0 radical (unpaired) electrons. The second-order valence-electron chi connectivity index (χ2n) is 5.20. The Kier molecular flexibility index (Phi) is 5.89. The fourth-order valence-electron chi connectivity index (χ4n) is 1.64. The summed E-state index contributed by atoms with van der Waals surface area (Å²) < 4.78 is 40.6. The van der Waals surface area contributed by atoms with Gasteiger partial charge in [0.15, 0.2) is 6.61 Å². The van der Waals surface area contributed by atoms with Gasteiger partial charge in [0, 0.05) is 31.3 Å². The van der Waals surface area contributed by atoms with Crippen LogP contribution in [0.3, 0.4) is 0 Å². The minimum atomic E-state index is -4.36. The van der Waals surface area contributed by atoms with E-state index in [4.69, 9.17) is 0 Å². The van der Waals surface area contributed by atoms with Crippen molar-refractivity contribution in [3.63, 3.8) is 0 Å². The van der Waals surface area contributed by atoms with Gasteiger partial charge in [-0.1, -0.05) is 31.3 Å². The lowest BCUT2D eigenvalue weighted by Gasteiger charge is -2.08. The van der Waals surface area contributed by atoms with E-state index >= 15 is 0 Å². The van der Waals surface area contributed by atoms with Crippen LogP contribution in [0, 0.1) is 0 Å². The molecule has 0 aliphatic heterocycles. The van der Waals surface area contributed by atoms with E-state index in [1.165, 1.54) is 12.3 Å². The summed E-state index contributed by atoms with van der Waals surface area (Å²) in [7, 11) is 0. The predicted octanol–water partition coefficient (Wildman–Crippen LogP) is 3.29. The van der Waals surface area contributed by atoms with Crippen LogP contribution in [-0.4, -0.2) is 28.0 Å². The van der Waals surface area contributed by atoms with Gasteiger partial charge in [0.1, 0.15) is 10.0 Å². The van der Waals surface area contributed by atoms with Gasteiger partial charge in [-0.15, -0.1) is 10.2 Å². The molecule has 0 fully saturated rings. The zero-order chi connectivity index (χ0) is 16.9. The molecule has 2 aromatic heterocycles. The van der Waals surface area contributed by atoms with E-state index in [0.29, 0.717) is 19.0 Å². The van der Waals surface area contributed by atoms with Crippen molar-refractivity contribution in [3.8, 4) is 5.88 Å². The maximum Gasteiger partial charge on any atom is 0.422 e. The van der Waals surface area contributed by atoms with Gasteiger partial charge in [0.25, 0.3) is 0 Å². The van der Waals surface area contributed by atoms with Crippen molar-refractivity contribution in [2.24, 2.45) is 0 Å². The summed E-state index contributed by atoms with van der Waals surface area (Å²) in [5.41, 5.74) is 0.845. The molecule has 23 heavy (non-hydrogen) atoms. The minimum Gasteiger partial charge on any atom is -0.468 e. The number of alkyl halides is 3. The summed E-state index contributed by atoms with van der Waals surface area (Å²) >= 11 is 1.56. The molecule has 5 nitrogen and oxygen atoms in total. The molecule has 0 bridgehead atoms. The summed E-state index contributed by atoms with van der Waals surface area (Å²) in [5, 5.41) is 13.3. The zero-order valence-corrected chi connectivity index (χ0v) is 13.5. The van der Waals surface area contributed by atoms with Crippen molar-refractivity contribution in [2.75, 3.05) is 6.61 Å². The average molecular weight is 346 g/mol. The zero-order valence-electron chi connectivity index (χ0n) is 12.7. The lowest BCUT2D eigenvalue weighted by molar-refractivity contribution is -0.154. The third-order valence-electron chi connectivity index (χ3n) is 2.76. The summed E-state index contributed by atoms with van der Waals surface area (Å²) in [5.74, 6) is 0.312. The highest BCUT2D eigenvalue weighted by Gasteiger charge is 2.28. The molecule has 126 valence electrons. The number of ether oxygens (including phenoxy) is 1. The van der Waals surface area contributed by atoms with Gasteiger partial charge >= 0.3 is 6.18 Å². The second kappa shape index (κ2) is 7.69. The third-order valence-corrected chi connectivity index (χ3v) is 3.99. The van der Waals surface area contributed by atoms with Crippen LogP contribution >= 0.6 is 11.3 Å². The molecule has 2 rings (SSSR count). The first-order chi connectivity index (χ1) is 10.8. The van der Waals surface area contributed by atoms with Crippen LogP contribution < -0.4 is 10.1 Å². The standard InChI is InChI=1S/C14H17F3N4OS/c1-9(2)13-21-20-12(23-13)7-18-5-10-3-4-11(19-6-10)22-8-14(15,16)17/h3-4,6,9,18H,5,7-8H2,1-2H3. The van der Waals surface area contributed by atoms with Crippen LogP contribution in [0.1, 0.15) is 35.3 Å². The summed E-state index contributed by atoms with van der Waals surface area (Å²) in [4.78, 5) is 3.85. The van der Waals surface area contributed by atoms with Crippen LogP contribution in [-0.2, 0) is 13.1 Å². The van der Waals surface area contributed by atoms with Gasteiger partial charge in [0.2, 0.25) is 5.88 Å². The van der Waals surface area contributed by atoms with E-state index in [1.54, 1.807) is 17.4 Å². The Balaban J connectivity index is 1.77. The van der Waals surface area contributed by atoms with Crippen molar-refractivity contribution >= 4 is 11.3 Å². The number of aromatic nitrogens is 3. The third kappa shape index (κ3) is 6.11. The molecule has 0 spiro atoms. The van der Waals surface area contributed by atoms with Crippen molar-refractivity contribution in [1.29, 1.82) is 0 Å². The minimum absolute atomic E-state index is 0.0447. The first kappa shape index (κ1) is 17.6. The quantitative estimate of drug-likeness (QED) is 0.834. The highest BCUT2D eigenvalue weighted by Crippen LogP contribution is 2.19. The number of hydrogen-bond donors (Lipinski definition) is 1. The maximum absolute atomic E-state index is 12.0. The van der Waals surface area contributed by atoms with Gasteiger partial charge in [0.05, 0.1) is 0 Å². The highest BCUT2D eigenvalue weighted by atomic mass is 32.1. The lowest BCUT2D eigenvalue weighted by atomic mass is 10.2. The molecular weight excluding hydrogens is 329 g/mol. The molecule has 0 saturated heterocycles. The smallest absolute Gasteiger partial charge is 0.422 e. The molecule has 0 saturated carbocycles. The fourth-order valence-corrected chi connectivity index (χ4v) is 2.46. The van der Waals surface area contributed by atoms with Crippen molar-refractivity contribution < 1.29 is 17.9 Å². The molecule has 0 aromatic carbocycles. The lowest BCUT2D eigenvalue weighted by Crippen LogP contribution is -2.19. The summed E-state index contributed by atoms with van der Waals surface area (Å²) in [6.45, 7) is 3.89. The average Bonchev–Trinajstić information content (AvgIpc) is 2.95. The molecule has 0 unspecified atom stereocenters. The molecule has 1 N–H and O–H groups in total. The van der Waals surface area contributed by atoms with Gasteiger partial charge in [-0.2, -0.15) is 13.2 Å². The van der Waals surface area contributed by atoms with Crippen LogP contribution in [0.5, 0.6) is 5.88 Å². The highest BCUT2D eigenvalue weighted by molar-refractivity contribution is 7.11. The predicted molar refractivity (Wildman–Crippen MR) is 80.3 cm³/mol. The molecule has 0 amide bonds. The van der Waals surface area contributed by atoms with Gasteiger partial charge < -0.3 is 10.1 Å². The Morgan fingerprint density at radius 3 is 2.57 bits per heavy atom. The van der Waals surface area contributed by atoms with E-state index in [9.17, 15) is 13.2 Å². The van der Waals surface area contributed by atoms with Gasteiger partial charge in [-0.05, 0) is 5.56 Å². The maximum atomic E-state index is 12.0. The first-order valence-electron chi connectivity index (χ1n) is 7.01. The molecule has 0 aliphatic rings. The van der Waals surface area contributed by atoms with Crippen LogP contribution in [0.15, 0.2) is 18.3 Å². The Bertz CT molecular complexity index is 613. The number of hydrogen-bond acceptors (Lipinski definition) is 6. The van der Waals surface area contributed by atoms with E-state index in [1.807, 2.05) is 0 Å². The number of halogens is 3.